The summed E-state index contributed by atoms with van der Waals surface area (Å²) in [6.07, 6.45) is 5.98. The SMILES string of the molecule is CCOC(=O)C1(Cc2ccncc2)CCNCC1. The third-order valence-corrected chi connectivity index (χ3v) is 3.56. The van der Waals surface area contributed by atoms with E-state index in [1.165, 1.54) is 0 Å². The molecule has 1 aliphatic rings. The Balaban J connectivity index is 2.16. The van der Waals surface area contributed by atoms with Gasteiger partial charge in [-0.3, -0.25) is 9.78 Å². The van der Waals surface area contributed by atoms with E-state index in [2.05, 4.69) is 10.3 Å². The molecule has 0 bridgehead atoms. The highest BCUT2D eigenvalue weighted by atomic mass is 16.5. The van der Waals surface area contributed by atoms with Crippen LogP contribution in [0.15, 0.2) is 24.5 Å². The topological polar surface area (TPSA) is 51.2 Å². The maximum Gasteiger partial charge on any atom is 0.312 e. The lowest BCUT2D eigenvalue weighted by atomic mass is 9.74. The van der Waals surface area contributed by atoms with Crippen molar-refractivity contribution in [1.29, 1.82) is 0 Å². The third-order valence-electron chi connectivity index (χ3n) is 3.56. The van der Waals surface area contributed by atoms with Gasteiger partial charge in [-0.25, -0.2) is 0 Å². The average Bonchev–Trinajstić information content (AvgIpc) is 2.41. The van der Waals surface area contributed by atoms with E-state index >= 15 is 0 Å². The van der Waals surface area contributed by atoms with Crippen molar-refractivity contribution < 1.29 is 9.53 Å². The fourth-order valence-corrected chi connectivity index (χ4v) is 2.53. The highest BCUT2D eigenvalue weighted by Gasteiger charge is 2.40. The summed E-state index contributed by atoms with van der Waals surface area (Å²) in [5.74, 6) is -0.0525. The molecule has 0 radical (unpaired) electrons. The summed E-state index contributed by atoms with van der Waals surface area (Å²) in [5, 5.41) is 3.30. The van der Waals surface area contributed by atoms with E-state index < -0.39 is 0 Å². The zero-order chi connectivity index (χ0) is 12.8. The summed E-state index contributed by atoms with van der Waals surface area (Å²) in [5.41, 5.74) is 0.794. The maximum atomic E-state index is 12.3. The van der Waals surface area contributed by atoms with Gasteiger partial charge in [0.1, 0.15) is 0 Å². The summed E-state index contributed by atoms with van der Waals surface area (Å²) >= 11 is 0. The lowest BCUT2D eigenvalue weighted by Gasteiger charge is -2.35. The monoisotopic (exact) mass is 248 g/mol. The average molecular weight is 248 g/mol. The van der Waals surface area contributed by atoms with Crippen LogP contribution in [0.3, 0.4) is 0 Å². The van der Waals surface area contributed by atoms with Crippen LogP contribution in [0.25, 0.3) is 0 Å². The van der Waals surface area contributed by atoms with E-state index in [9.17, 15) is 4.79 Å². The molecular weight excluding hydrogens is 228 g/mol. The largest absolute Gasteiger partial charge is 0.466 e. The molecule has 0 atom stereocenters. The van der Waals surface area contributed by atoms with Crippen molar-refractivity contribution in [3.8, 4) is 0 Å². The Hall–Kier alpha value is -1.42. The van der Waals surface area contributed by atoms with Crippen molar-refractivity contribution in [1.82, 2.24) is 10.3 Å². The maximum absolute atomic E-state index is 12.3. The Morgan fingerprint density at radius 3 is 2.67 bits per heavy atom. The van der Waals surface area contributed by atoms with E-state index in [1.807, 2.05) is 19.1 Å². The van der Waals surface area contributed by atoms with E-state index in [0.29, 0.717) is 6.61 Å². The number of rotatable bonds is 4. The zero-order valence-corrected chi connectivity index (χ0v) is 10.8. The number of nitrogens with zero attached hydrogens (tertiary/aromatic N) is 1. The van der Waals surface area contributed by atoms with Crippen LogP contribution in [0.1, 0.15) is 25.3 Å². The number of piperidine rings is 1. The van der Waals surface area contributed by atoms with Crippen LogP contribution in [-0.4, -0.2) is 30.6 Å². The van der Waals surface area contributed by atoms with Gasteiger partial charge in [-0.1, -0.05) is 0 Å². The third kappa shape index (κ3) is 2.88. The van der Waals surface area contributed by atoms with Gasteiger partial charge in [0.15, 0.2) is 0 Å². The highest BCUT2D eigenvalue weighted by Crippen LogP contribution is 2.34. The first-order valence-electron chi connectivity index (χ1n) is 6.54. The van der Waals surface area contributed by atoms with Crippen molar-refractivity contribution >= 4 is 5.97 Å². The molecule has 1 saturated heterocycles. The minimum absolute atomic E-state index is 0.0525. The predicted molar refractivity (Wildman–Crippen MR) is 69.1 cm³/mol. The van der Waals surface area contributed by atoms with Crippen LogP contribution < -0.4 is 5.32 Å². The fraction of sp³-hybridized carbons (Fsp3) is 0.571. The standard InChI is InChI=1S/C14H20N2O2/c1-2-18-13(17)14(5-9-16-10-6-14)11-12-3-7-15-8-4-12/h3-4,7-8,16H,2,5-6,9-11H2,1H3. The molecule has 0 amide bonds. The van der Waals surface area contributed by atoms with Crippen molar-refractivity contribution in [2.24, 2.45) is 5.41 Å². The number of aromatic nitrogens is 1. The Morgan fingerprint density at radius 1 is 1.39 bits per heavy atom. The number of carbonyl (C=O) groups excluding carboxylic acids is 1. The quantitative estimate of drug-likeness (QED) is 0.822. The van der Waals surface area contributed by atoms with Crippen molar-refractivity contribution in [3.63, 3.8) is 0 Å². The van der Waals surface area contributed by atoms with Crippen LogP contribution in [-0.2, 0) is 16.0 Å². The second-order valence-electron chi connectivity index (χ2n) is 4.78. The molecule has 2 heterocycles. The van der Waals surface area contributed by atoms with Crippen LogP contribution >= 0.6 is 0 Å². The molecule has 0 unspecified atom stereocenters. The second-order valence-corrected chi connectivity index (χ2v) is 4.78. The van der Waals surface area contributed by atoms with Gasteiger partial charge in [0, 0.05) is 12.4 Å². The minimum Gasteiger partial charge on any atom is -0.466 e. The first-order chi connectivity index (χ1) is 8.77. The van der Waals surface area contributed by atoms with Gasteiger partial charge < -0.3 is 10.1 Å². The van der Waals surface area contributed by atoms with Crippen LogP contribution in [0.4, 0.5) is 0 Å². The first kappa shape index (κ1) is 13.0. The van der Waals surface area contributed by atoms with Crippen LogP contribution in [0.2, 0.25) is 0 Å². The van der Waals surface area contributed by atoms with E-state index in [0.717, 1.165) is 37.9 Å². The summed E-state index contributed by atoms with van der Waals surface area (Å²) in [6, 6.07) is 3.95. The van der Waals surface area contributed by atoms with Crippen LogP contribution in [0.5, 0.6) is 0 Å². The summed E-state index contributed by atoms with van der Waals surface area (Å²) in [6.45, 7) is 4.07. The minimum atomic E-state index is -0.359. The lowest BCUT2D eigenvalue weighted by molar-refractivity contribution is -0.157. The number of ether oxygens (including phenoxy) is 1. The molecular formula is C14H20N2O2. The second kappa shape index (κ2) is 5.96. The van der Waals surface area contributed by atoms with Crippen molar-refractivity contribution in [2.75, 3.05) is 19.7 Å². The molecule has 98 valence electrons. The number of esters is 1. The highest BCUT2D eigenvalue weighted by molar-refractivity contribution is 5.77. The van der Waals surface area contributed by atoms with Crippen LogP contribution in [0, 0.1) is 5.41 Å². The summed E-state index contributed by atoms with van der Waals surface area (Å²) < 4.78 is 5.27. The fourth-order valence-electron chi connectivity index (χ4n) is 2.53. The Kier molecular flexibility index (Phi) is 4.31. The summed E-state index contributed by atoms with van der Waals surface area (Å²) in [7, 11) is 0. The molecule has 1 aliphatic heterocycles. The molecule has 18 heavy (non-hydrogen) atoms. The smallest absolute Gasteiger partial charge is 0.312 e. The normalized spacial score (nSPS) is 18.3. The summed E-state index contributed by atoms with van der Waals surface area (Å²) in [4.78, 5) is 16.3. The molecule has 4 nitrogen and oxygen atoms in total. The Morgan fingerprint density at radius 2 is 2.06 bits per heavy atom. The molecule has 1 N–H and O–H groups in total. The number of nitrogens with one attached hydrogen (secondary N) is 1. The lowest BCUT2D eigenvalue weighted by Crippen LogP contribution is -2.44. The van der Waals surface area contributed by atoms with Gasteiger partial charge in [0.05, 0.1) is 12.0 Å². The van der Waals surface area contributed by atoms with Gasteiger partial charge in [0.25, 0.3) is 0 Å². The van der Waals surface area contributed by atoms with Crippen molar-refractivity contribution in [2.45, 2.75) is 26.2 Å². The van der Waals surface area contributed by atoms with Crippen molar-refractivity contribution in [3.05, 3.63) is 30.1 Å². The van der Waals surface area contributed by atoms with E-state index in [4.69, 9.17) is 4.74 Å². The van der Waals surface area contributed by atoms with E-state index in [1.54, 1.807) is 12.4 Å². The van der Waals surface area contributed by atoms with Gasteiger partial charge in [0.2, 0.25) is 0 Å². The molecule has 0 spiro atoms. The molecule has 1 aromatic rings. The van der Waals surface area contributed by atoms with Gasteiger partial charge in [-0.05, 0) is 57.0 Å². The van der Waals surface area contributed by atoms with Gasteiger partial charge in [-0.15, -0.1) is 0 Å². The van der Waals surface area contributed by atoms with Gasteiger partial charge in [-0.2, -0.15) is 0 Å². The molecule has 0 saturated carbocycles. The molecule has 1 aromatic heterocycles. The van der Waals surface area contributed by atoms with Gasteiger partial charge >= 0.3 is 5.97 Å². The molecule has 0 aliphatic carbocycles. The number of carbonyl (C=O) groups is 1. The zero-order valence-electron chi connectivity index (χ0n) is 10.8. The number of pyridine rings is 1. The Labute approximate surface area is 108 Å². The molecule has 1 fully saturated rings. The number of hydrogen-bond donors (Lipinski definition) is 1. The Bertz CT molecular complexity index is 386. The number of hydrogen-bond acceptors (Lipinski definition) is 4. The van der Waals surface area contributed by atoms with E-state index in [-0.39, 0.29) is 11.4 Å². The predicted octanol–water partition coefficient (Wildman–Crippen LogP) is 1.56. The molecule has 4 heteroatoms. The first-order valence-corrected chi connectivity index (χ1v) is 6.54. The molecule has 0 aromatic carbocycles. The molecule has 2 rings (SSSR count).